The molecule has 4 heteroatoms. The van der Waals surface area contributed by atoms with Crippen LogP contribution in [0.15, 0.2) is 48.5 Å². The van der Waals surface area contributed by atoms with Crippen molar-refractivity contribution in [2.24, 2.45) is 0 Å². The van der Waals surface area contributed by atoms with Gasteiger partial charge in [-0.2, -0.15) is 0 Å². The molecule has 0 radical (unpaired) electrons. The van der Waals surface area contributed by atoms with Crippen LogP contribution in [0.3, 0.4) is 0 Å². The van der Waals surface area contributed by atoms with Crippen LogP contribution in [-0.4, -0.2) is 13.0 Å². The summed E-state index contributed by atoms with van der Waals surface area (Å²) in [6.45, 7) is 0. The van der Waals surface area contributed by atoms with E-state index >= 15 is 0 Å². The van der Waals surface area contributed by atoms with E-state index in [0.717, 1.165) is 3.57 Å². The van der Waals surface area contributed by atoms with Gasteiger partial charge >= 0.3 is 0 Å². The minimum atomic E-state index is -0.143. The molecule has 0 atom stereocenters. The molecular formula is C14H12INO2. The monoisotopic (exact) mass is 353 g/mol. The van der Waals surface area contributed by atoms with Crippen molar-refractivity contribution in [3.8, 4) is 5.75 Å². The Hall–Kier alpha value is -1.56. The van der Waals surface area contributed by atoms with E-state index in [-0.39, 0.29) is 5.91 Å². The molecule has 3 nitrogen and oxygen atoms in total. The summed E-state index contributed by atoms with van der Waals surface area (Å²) in [5, 5.41) is 2.83. The second-order valence-corrected chi connectivity index (χ2v) is 4.91. The second-order valence-electron chi connectivity index (χ2n) is 3.66. The summed E-state index contributed by atoms with van der Waals surface area (Å²) in [6.07, 6.45) is 0. The Balaban J connectivity index is 2.18. The SMILES string of the molecule is COc1ccccc1NC(=O)c1ccc(I)cc1. The molecule has 1 N–H and O–H groups in total. The quantitative estimate of drug-likeness (QED) is 0.857. The van der Waals surface area contributed by atoms with Gasteiger partial charge in [-0.15, -0.1) is 0 Å². The Kier molecular flexibility index (Phi) is 4.19. The molecule has 2 rings (SSSR count). The lowest BCUT2D eigenvalue weighted by molar-refractivity contribution is 0.102. The molecule has 0 unspecified atom stereocenters. The minimum Gasteiger partial charge on any atom is -0.495 e. The van der Waals surface area contributed by atoms with E-state index in [1.54, 1.807) is 19.2 Å². The van der Waals surface area contributed by atoms with Crippen molar-refractivity contribution in [1.29, 1.82) is 0 Å². The predicted octanol–water partition coefficient (Wildman–Crippen LogP) is 3.55. The van der Waals surface area contributed by atoms with Gasteiger partial charge in [-0.3, -0.25) is 4.79 Å². The van der Waals surface area contributed by atoms with Crippen LogP contribution in [0.5, 0.6) is 5.75 Å². The lowest BCUT2D eigenvalue weighted by Gasteiger charge is -2.09. The van der Waals surface area contributed by atoms with Crippen LogP contribution in [-0.2, 0) is 0 Å². The normalized spacial score (nSPS) is 9.89. The number of rotatable bonds is 3. The summed E-state index contributed by atoms with van der Waals surface area (Å²) in [5.41, 5.74) is 1.30. The van der Waals surface area contributed by atoms with Crippen molar-refractivity contribution in [2.75, 3.05) is 12.4 Å². The van der Waals surface area contributed by atoms with E-state index in [0.29, 0.717) is 17.0 Å². The molecule has 0 heterocycles. The topological polar surface area (TPSA) is 38.3 Å². The number of anilines is 1. The number of carbonyl (C=O) groups excluding carboxylic acids is 1. The fraction of sp³-hybridized carbons (Fsp3) is 0.0714. The van der Waals surface area contributed by atoms with Gasteiger partial charge in [0.05, 0.1) is 12.8 Å². The third kappa shape index (κ3) is 3.01. The van der Waals surface area contributed by atoms with Gasteiger partial charge in [0.25, 0.3) is 5.91 Å². The molecule has 0 aliphatic heterocycles. The van der Waals surface area contributed by atoms with E-state index in [2.05, 4.69) is 27.9 Å². The molecular weight excluding hydrogens is 341 g/mol. The zero-order valence-corrected chi connectivity index (χ0v) is 12.0. The maximum atomic E-state index is 12.0. The Labute approximate surface area is 119 Å². The fourth-order valence-corrected chi connectivity index (χ4v) is 1.90. The number of carbonyl (C=O) groups is 1. The van der Waals surface area contributed by atoms with Crippen LogP contribution < -0.4 is 10.1 Å². The average Bonchev–Trinajstić information content (AvgIpc) is 2.40. The van der Waals surface area contributed by atoms with Crippen LogP contribution in [0, 0.1) is 3.57 Å². The first kappa shape index (κ1) is 12.9. The summed E-state index contributed by atoms with van der Waals surface area (Å²) >= 11 is 2.20. The number of hydrogen-bond donors (Lipinski definition) is 1. The predicted molar refractivity (Wildman–Crippen MR) is 80.1 cm³/mol. The van der Waals surface area contributed by atoms with Crippen molar-refractivity contribution in [1.82, 2.24) is 0 Å². The van der Waals surface area contributed by atoms with E-state index in [1.807, 2.05) is 36.4 Å². The van der Waals surface area contributed by atoms with E-state index < -0.39 is 0 Å². The molecule has 0 aliphatic carbocycles. The first-order valence-corrected chi connectivity index (χ1v) is 6.48. The number of hydrogen-bond acceptors (Lipinski definition) is 2. The highest BCUT2D eigenvalue weighted by molar-refractivity contribution is 14.1. The molecule has 0 aliphatic rings. The van der Waals surface area contributed by atoms with E-state index in [1.165, 1.54) is 0 Å². The van der Waals surface area contributed by atoms with Crippen LogP contribution in [0.25, 0.3) is 0 Å². The largest absolute Gasteiger partial charge is 0.495 e. The molecule has 92 valence electrons. The smallest absolute Gasteiger partial charge is 0.255 e. The van der Waals surface area contributed by atoms with Gasteiger partial charge in [0.15, 0.2) is 0 Å². The number of amides is 1. The van der Waals surface area contributed by atoms with Gasteiger partial charge in [0, 0.05) is 9.13 Å². The van der Waals surface area contributed by atoms with Gasteiger partial charge in [0.2, 0.25) is 0 Å². The molecule has 2 aromatic carbocycles. The fourth-order valence-electron chi connectivity index (χ4n) is 1.54. The zero-order chi connectivity index (χ0) is 13.0. The van der Waals surface area contributed by atoms with Gasteiger partial charge in [0.1, 0.15) is 5.75 Å². The summed E-state index contributed by atoms with van der Waals surface area (Å²) in [5.74, 6) is 0.507. The number of halogens is 1. The lowest BCUT2D eigenvalue weighted by atomic mass is 10.2. The summed E-state index contributed by atoms with van der Waals surface area (Å²) < 4.78 is 6.28. The third-order valence-corrected chi connectivity index (χ3v) is 3.18. The van der Waals surface area contributed by atoms with Crippen LogP contribution >= 0.6 is 22.6 Å². The van der Waals surface area contributed by atoms with Crippen molar-refractivity contribution in [2.45, 2.75) is 0 Å². The molecule has 0 saturated heterocycles. The van der Waals surface area contributed by atoms with Gasteiger partial charge < -0.3 is 10.1 Å². The van der Waals surface area contributed by atoms with E-state index in [4.69, 9.17) is 4.74 Å². The number of benzene rings is 2. The van der Waals surface area contributed by atoms with Crippen LogP contribution in [0.1, 0.15) is 10.4 Å². The Morgan fingerprint density at radius 3 is 2.44 bits per heavy atom. The van der Waals surface area contributed by atoms with Gasteiger partial charge in [-0.1, -0.05) is 12.1 Å². The van der Waals surface area contributed by atoms with Crippen molar-refractivity contribution in [3.05, 3.63) is 57.7 Å². The molecule has 0 bridgehead atoms. The summed E-state index contributed by atoms with van der Waals surface area (Å²) in [6, 6.07) is 14.7. The second kappa shape index (κ2) is 5.86. The van der Waals surface area contributed by atoms with Crippen molar-refractivity contribution < 1.29 is 9.53 Å². The average molecular weight is 353 g/mol. The first-order chi connectivity index (χ1) is 8.70. The minimum absolute atomic E-state index is 0.143. The highest BCUT2D eigenvalue weighted by atomic mass is 127. The molecule has 0 spiro atoms. The van der Waals surface area contributed by atoms with Gasteiger partial charge in [-0.25, -0.2) is 0 Å². The maximum Gasteiger partial charge on any atom is 0.255 e. The Bertz CT molecular complexity index is 552. The highest BCUT2D eigenvalue weighted by Crippen LogP contribution is 2.23. The standard InChI is InChI=1S/C14H12INO2/c1-18-13-5-3-2-4-12(13)16-14(17)10-6-8-11(15)9-7-10/h2-9H,1H3,(H,16,17). The Morgan fingerprint density at radius 2 is 1.78 bits per heavy atom. The third-order valence-electron chi connectivity index (χ3n) is 2.46. The molecule has 0 saturated carbocycles. The van der Waals surface area contributed by atoms with Crippen LogP contribution in [0.2, 0.25) is 0 Å². The zero-order valence-electron chi connectivity index (χ0n) is 9.81. The maximum absolute atomic E-state index is 12.0. The summed E-state index contributed by atoms with van der Waals surface area (Å²) in [4.78, 5) is 12.0. The number of ether oxygens (including phenoxy) is 1. The lowest BCUT2D eigenvalue weighted by Crippen LogP contribution is -2.12. The van der Waals surface area contributed by atoms with Crippen molar-refractivity contribution in [3.63, 3.8) is 0 Å². The Morgan fingerprint density at radius 1 is 1.11 bits per heavy atom. The van der Waals surface area contributed by atoms with E-state index in [9.17, 15) is 4.79 Å². The van der Waals surface area contributed by atoms with Crippen LogP contribution in [0.4, 0.5) is 5.69 Å². The molecule has 2 aromatic rings. The molecule has 0 fully saturated rings. The first-order valence-electron chi connectivity index (χ1n) is 5.40. The summed E-state index contributed by atoms with van der Waals surface area (Å²) in [7, 11) is 1.58. The molecule has 18 heavy (non-hydrogen) atoms. The van der Waals surface area contributed by atoms with Crippen molar-refractivity contribution >= 4 is 34.2 Å². The molecule has 1 amide bonds. The number of para-hydroxylation sites is 2. The number of methoxy groups -OCH3 is 1. The number of nitrogens with one attached hydrogen (secondary N) is 1. The van der Waals surface area contributed by atoms with Gasteiger partial charge in [-0.05, 0) is 59.0 Å². The molecule has 0 aromatic heterocycles. The highest BCUT2D eigenvalue weighted by Gasteiger charge is 2.08.